The Morgan fingerprint density at radius 3 is 2.62 bits per heavy atom. The average molecular weight is 233 g/mol. The minimum Gasteiger partial charge on any atom is -0.466 e. The van der Waals surface area contributed by atoms with Gasteiger partial charge in [0.2, 0.25) is 0 Å². The molecule has 5 nitrogen and oxygen atoms in total. The summed E-state index contributed by atoms with van der Waals surface area (Å²) in [6.45, 7) is 4.08. The van der Waals surface area contributed by atoms with Gasteiger partial charge in [0.05, 0.1) is 26.2 Å². The molecule has 0 aliphatic rings. The van der Waals surface area contributed by atoms with Gasteiger partial charge in [-0.05, 0) is 6.42 Å². The van der Waals surface area contributed by atoms with Crippen LogP contribution in [0.5, 0.6) is 0 Å². The van der Waals surface area contributed by atoms with Crippen LogP contribution in [0.25, 0.3) is 0 Å². The molecule has 16 heavy (non-hydrogen) atoms. The molecule has 0 aliphatic carbocycles. The van der Waals surface area contributed by atoms with Crippen molar-refractivity contribution < 1.29 is 19.0 Å². The van der Waals surface area contributed by atoms with Crippen molar-refractivity contribution >= 4 is 5.97 Å². The van der Waals surface area contributed by atoms with Crippen molar-refractivity contribution in [3.8, 4) is 0 Å². The third-order valence-corrected chi connectivity index (χ3v) is 2.08. The topological polar surface area (TPSA) is 70.8 Å². The standard InChI is InChI=1S/C11H23NO4/c1-3-10(12)9-11(13)16-6-4-5-15-8-7-14-2/h10H,3-9,12H2,1-2H3. The number of esters is 1. The lowest BCUT2D eigenvalue weighted by Gasteiger charge is -2.08. The number of ether oxygens (including phenoxy) is 3. The van der Waals surface area contributed by atoms with Gasteiger partial charge in [-0.15, -0.1) is 0 Å². The number of hydrogen-bond donors (Lipinski definition) is 1. The summed E-state index contributed by atoms with van der Waals surface area (Å²) >= 11 is 0. The third-order valence-electron chi connectivity index (χ3n) is 2.08. The van der Waals surface area contributed by atoms with Crippen molar-refractivity contribution in [2.75, 3.05) is 33.5 Å². The number of rotatable bonds is 10. The van der Waals surface area contributed by atoms with E-state index in [1.807, 2.05) is 6.92 Å². The molecule has 2 N–H and O–H groups in total. The summed E-state index contributed by atoms with van der Waals surface area (Å²) in [4.78, 5) is 11.2. The maximum Gasteiger partial charge on any atom is 0.307 e. The molecular weight excluding hydrogens is 210 g/mol. The highest BCUT2D eigenvalue weighted by molar-refractivity contribution is 5.70. The van der Waals surface area contributed by atoms with E-state index >= 15 is 0 Å². The molecule has 0 saturated heterocycles. The summed E-state index contributed by atoms with van der Waals surface area (Å²) in [5.74, 6) is -0.230. The van der Waals surface area contributed by atoms with Gasteiger partial charge in [-0.1, -0.05) is 6.92 Å². The lowest BCUT2D eigenvalue weighted by atomic mass is 10.2. The largest absolute Gasteiger partial charge is 0.466 e. The molecule has 0 aromatic heterocycles. The van der Waals surface area contributed by atoms with Crippen molar-refractivity contribution in [3.05, 3.63) is 0 Å². The summed E-state index contributed by atoms with van der Waals surface area (Å²) in [5.41, 5.74) is 5.62. The fraction of sp³-hybridized carbons (Fsp3) is 0.909. The fourth-order valence-corrected chi connectivity index (χ4v) is 1.01. The summed E-state index contributed by atoms with van der Waals surface area (Å²) in [5, 5.41) is 0. The first kappa shape index (κ1) is 15.3. The van der Waals surface area contributed by atoms with Gasteiger partial charge in [0.25, 0.3) is 0 Å². The van der Waals surface area contributed by atoms with E-state index in [0.717, 1.165) is 6.42 Å². The maximum atomic E-state index is 11.2. The normalized spacial score (nSPS) is 12.4. The number of carbonyl (C=O) groups is 1. The molecule has 5 heteroatoms. The van der Waals surface area contributed by atoms with Crippen molar-refractivity contribution in [3.63, 3.8) is 0 Å². The van der Waals surface area contributed by atoms with Crippen molar-refractivity contribution in [1.82, 2.24) is 0 Å². The Morgan fingerprint density at radius 2 is 2.00 bits per heavy atom. The Morgan fingerprint density at radius 1 is 1.25 bits per heavy atom. The molecule has 0 bridgehead atoms. The number of hydrogen-bond acceptors (Lipinski definition) is 5. The van der Waals surface area contributed by atoms with Gasteiger partial charge in [0.1, 0.15) is 0 Å². The molecule has 0 saturated carbocycles. The quantitative estimate of drug-likeness (QED) is 0.444. The Kier molecular flexibility index (Phi) is 10.4. The van der Waals surface area contributed by atoms with E-state index in [2.05, 4.69) is 0 Å². The molecule has 0 aromatic carbocycles. The zero-order valence-corrected chi connectivity index (χ0v) is 10.2. The van der Waals surface area contributed by atoms with E-state index in [4.69, 9.17) is 19.9 Å². The number of carbonyl (C=O) groups excluding carboxylic acids is 1. The summed E-state index contributed by atoms with van der Waals surface area (Å²) in [6.07, 6.45) is 1.78. The molecule has 1 atom stereocenters. The first-order valence-electron chi connectivity index (χ1n) is 5.68. The van der Waals surface area contributed by atoms with Gasteiger partial charge >= 0.3 is 5.97 Å². The second-order valence-corrected chi connectivity index (χ2v) is 3.55. The summed E-state index contributed by atoms with van der Waals surface area (Å²) in [6, 6.07) is -0.0922. The highest BCUT2D eigenvalue weighted by Crippen LogP contribution is 1.96. The van der Waals surface area contributed by atoms with Gasteiger partial charge in [-0.25, -0.2) is 0 Å². The summed E-state index contributed by atoms with van der Waals surface area (Å²) < 4.78 is 15.0. The fourth-order valence-electron chi connectivity index (χ4n) is 1.01. The average Bonchev–Trinajstić information content (AvgIpc) is 2.27. The van der Waals surface area contributed by atoms with Crippen LogP contribution in [0.15, 0.2) is 0 Å². The Labute approximate surface area is 97.2 Å². The molecule has 0 aromatic rings. The molecule has 0 aliphatic heterocycles. The van der Waals surface area contributed by atoms with Crippen LogP contribution >= 0.6 is 0 Å². The van der Waals surface area contributed by atoms with Crippen molar-refractivity contribution in [1.29, 1.82) is 0 Å². The predicted molar refractivity (Wildman–Crippen MR) is 61.2 cm³/mol. The van der Waals surface area contributed by atoms with E-state index < -0.39 is 0 Å². The van der Waals surface area contributed by atoms with Crippen LogP contribution in [0.4, 0.5) is 0 Å². The Bertz CT molecular complexity index is 175. The SMILES string of the molecule is CCC(N)CC(=O)OCCCOCCOC. The molecule has 0 amide bonds. The second-order valence-electron chi connectivity index (χ2n) is 3.55. The molecular formula is C11H23NO4. The van der Waals surface area contributed by atoms with Crippen LogP contribution in [0.2, 0.25) is 0 Å². The van der Waals surface area contributed by atoms with Gasteiger partial charge in [0.15, 0.2) is 0 Å². The van der Waals surface area contributed by atoms with E-state index in [-0.39, 0.29) is 12.0 Å². The van der Waals surface area contributed by atoms with Crippen LogP contribution in [0.1, 0.15) is 26.2 Å². The first-order valence-corrected chi connectivity index (χ1v) is 5.68. The molecule has 96 valence electrons. The minimum absolute atomic E-state index is 0.0922. The molecule has 0 heterocycles. The highest BCUT2D eigenvalue weighted by Gasteiger charge is 2.08. The lowest BCUT2D eigenvalue weighted by Crippen LogP contribution is -2.24. The lowest BCUT2D eigenvalue weighted by molar-refractivity contribution is -0.144. The van der Waals surface area contributed by atoms with Crippen LogP contribution in [0.3, 0.4) is 0 Å². The molecule has 0 fully saturated rings. The summed E-state index contributed by atoms with van der Waals surface area (Å²) in [7, 11) is 1.63. The Balaban J connectivity index is 3.21. The van der Waals surface area contributed by atoms with Crippen molar-refractivity contribution in [2.45, 2.75) is 32.2 Å². The van der Waals surface area contributed by atoms with Gasteiger partial charge in [-0.2, -0.15) is 0 Å². The minimum atomic E-state index is -0.230. The van der Waals surface area contributed by atoms with E-state index in [9.17, 15) is 4.79 Å². The zero-order chi connectivity index (χ0) is 12.2. The number of methoxy groups -OCH3 is 1. The molecule has 1 unspecified atom stereocenters. The first-order chi connectivity index (χ1) is 7.70. The Hall–Kier alpha value is -0.650. The van der Waals surface area contributed by atoms with E-state index in [0.29, 0.717) is 39.3 Å². The zero-order valence-electron chi connectivity index (χ0n) is 10.2. The highest BCUT2D eigenvalue weighted by atomic mass is 16.5. The van der Waals surface area contributed by atoms with Gasteiger partial charge in [0, 0.05) is 26.2 Å². The van der Waals surface area contributed by atoms with Crippen molar-refractivity contribution in [2.24, 2.45) is 5.73 Å². The van der Waals surface area contributed by atoms with Crippen LogP contribution in [-0.4, -0.2) is 45.5 Å². The molecule has 0 radical (unpaired) electrons. The van der Waals surface area contributed by atoms with E-state index in [1.54, 1.807) is 7.11 Å². The second kappa shape index (κ2) is 10.9. The molecule has 0 rings (SSSR count). The van der Waals surface area contributed by atoms with Crippen LogP contribution < -0.4 is 5.73 Å². The predicted octanol–water partition coefficient (Wildman–Crippen LogP) is 0.710. The number of nitrogens with two attached hydrogens (primary N) is 1. The van der Waals surface area contributed by atoms with E-state index in [1.165, 1.54) is 0 Å². The van der Waals surface area contributed by atoms with Gasteiger partial charge in [-0.3, -0.25) is 4.79 Å². The smallest absolute Gasteiger partial charge is 0.307 e. The maximum absolute atomic E-state index is 11.2. The molecule has 0 spiro atoms. The van der Waals surface area contributed by atoms with Gasteiger partial charge < -0.3 is 19.9 Å². The third kappa shape index (κ3) is 9.89. The monoisotopic (exact) mass is 233 g/mol. The van der Waals surface area contributed by atoms with Crippen LogP contribution in [-0.2, 0) is 19.0 Å². The van der Waals surface area contributed by atoms with Crippen LogP contribution in [0, 0.1) is 0 Å².